The number of carbonyl (C=O) groups is 1. The maximum absolute atomic E-state index is 11.2. The van der Waals surface area contributed by atoms with E-state index in [4.69, 9.17) is 4.74 Å². The van der Waals surface area contributed by atoms with Gasteiger partial charge in [0, 0.05) is 0 Å². The molecule has 80 valence electrons. The van der Waals surface area contributed by atoms with Crippen LogP contribution in [0.1, 0.15) is 32.1 Å². The monoisotopic (exact) mass is 197 g/mol. The predicted octanol–water partition coefficient (Wildman–Crippen LogP) is 1.33. The first-order valence-corrected chi connectivity index (χ1v) is 5.73. The molecule has 0 aromatic heterocycles. The van der Waals surface area contributed by atoms with Crippen molar-refractivity contribution in [2.45, 2.75) is 32.1 Å². The molecular formula is C11H19NO2. The van der Waals surface area contributed by atoms with Gasteiger partial charge in [-0.05, 0) is 51.1 Å². The zero-order valence-electron chi connectivity index (χ0n) is 8.63. The van der Waals surface area contributed by atoms with Gasteiger partial charge in [0.2, 0.25) is 0 Å². The van der Waals surface area contributed by atoms with Crippen molar-refractivity contribution in [1.82, 2.24) is 5.32 Å². The fourth-order valence-corrected chi connectivity index (χ4v) is 1.93. The summed E-state index contributed by atoms with van der Waals surface area (Å²) >= 11 is 0. The van der Waals surface area contributed by atoms with Crippen LogP contribution < -0.4 is 5.32 Å². The second-order valence-electron chi connectivity index (χ2n) is 4.44. The van der Waals surface area contributed by atoms with E-state index in [0.29, 0.717) is 6.61 Å². The first kappa shape index (κ1) is 9.97. The number of hydrogen-bond acceptors (Lipinski definition) is 3. The molecule has 0 bridgehead atoms. The molecule has 0 amide bonds. The average molecular weight is 197 g/mol. The lowest BCUT2D eigenvalue weighted by Crippen LogP contribution is -2.30. The van der Waals surface area contributed by atoms with Gasteiger partial charge in [0.25, 0.3) is 0 Å². The lowest BCUT2D eigenvalue weighted by atomic mass is 9.97. The van der Waals surface area contributed by atoms with E-state index < -0.39 is 0 Å². The molecule has 3 heteroatoms. The van der Waals surface area contributed by atoms with Crippen molar-refractivity contribution in [3.63, 3.8) is 0 Å². The van der Waals surface area contributed by atoms with Crippen LogP contribution in [0.2, 0.25) is 0 Å². The summed E-state index contributed by atoms with van der Waals surface area (Å²) < 4.78 is 5.20. The third kappa shape index (κ3) is 2.98. The molecule has 2 rings (SSSR count). The van der Waals surface area contributed by atoms with E-state index in [1.54, 1.807) is 0 Å². The maximum atomic E-state index is 11.2. The van der Waals surface area contributed by atoms with Crippen molar-refractivity contribution < 1.29 is 9.53 Å². The van der Waals surface area contributed by atoms with E-state index in [2.05, 4.69) is 5.32 Å². The van der Waals surface area contributed by atoms with Crippen molar-refractivity contribution >= 4 is 5.97 Å². The first-order chi connectivity index (χ1) is 6.86. The lowest BCUT2D eigenvalue weighted by molar-refractivity contribution is -0.145. The van der Waals surface area contributed by atoms with Gasteiger partial charge in [0.15, 0.2) is 0 Å². The number of nitrogens with one attached hydrogen (secondary N) is 1. The molecule has 0 aromatic carbocycles. The third-order valence-corrected chi connectivity index (χ3v) is 3.08. The van der Waals surface area contributed by atoms with E-state index in [1.807, 2.05) is 0 Å². The van der Waals surface area contributed by atoms with Crippen LogP contribution >= 0.6 is 0 Å². The topological polar surface area (TPSA) is 38.3 Å². The highest BCUT2D eigenvalue weighted by molar-refractivity contribution is 5.74. The number of carbonyl (C=O) groups excluding carboxylic acids is 1. The Bertz CT molecular complexity index is 195. The van der Waals surface area contributed by atoms with Crippen LogP contribution in [0.5, 0.6) is 0 Å². The SMILES string of the molecule is O=C(OCC[C@@H]1CCCNC1)C1CC1. The molecule has 2 fully saturated rings. The van der Waals surface area contributed by atoms with Crippen molar-refractivity contribution in [3.05, 3.63) is 0 Å². The van der Waals surface area contributed by atoms with Crippen LogP contribution in [-0.2, 0) is 9.53 Å². The van der Waals surface area contributed by atoms with Gasteiger partial charge in [0.1, 0.15) is 0 Å². The Balaban J connectivity index is 1.54. The van der Waals surface area contributed by atoms with Crippen LogP contribution in [0.25, 0.3) is 0 Å². The van der Waals surface area contributed by atoms with Crippen molar-refractivity contribution in [2.75, 3.05) is 19.7 Å². The Hall–Kier alpha value is -0.570. The number of rotatable bonds is 4. The van der Waals surface area contributed by atoms with Gasteiger partial charge in [0.05, 0.1) is 12.5 Å². The van der Waals surface area contributed by atoms with Crippen LogP contribution in [0.4, 0.5) is 0 Å². The van der Waals surface area contributed by atoms with Gasteiger partial charge in [-0.25, -0.2) is 0 Å². The molecule has 1 atom stereocenters. The second-order valence-corrected chi connectivity index (χ2v) is 4.44. The molecular weight excluding hydrogens is 178 g/mol. The number of ether oxygens (including phenoxy) is 1. The summed E-state index contributed by atoms with van der Waals surface area (Å²) in [4.78, 5) is 11.2. The van der Waals surface area contributed by atoms with Gasteiger partial charge in [-0.2, -0.15) is 0 Å². The molecule has 14 heavy (non-hydrogen) atoms. The van der Waals surface area contributed by atoms with Gasteiger partial charge >= 0.3 is 5.97 Å². The van der Waals surface area contributed by atoms with Gasteiger partial charge in [-0.15, -0.1) is 0 Å². The second kappa shape index (κ2) is 4.78. The molecule has 1 saturated carbocycles. The predicted molar refractivity (Wildman–Crippen MR) is 53.9 cm³/mol. The lowest BCUT2D eigenvalue weighted by Gasteiger charge is -2.22. The summed E-state index contributed by atoms with van der Waals surface area (Å²) in [6.45, 7) is 2.88. The van der Waals surface area contributed by atoms with E-state index >= 15 is 0 Å². The number of esters is 1. The number of piperidine rings is 1. The molecule has 3 nitrogen and oxygen atoms in total. The summed E-state index contributed by atoms with van der Waals surface area (Å²) in [5.41, 5.74) is 0. The molecule has 2 aliphatic rings. The van der Waals surface area contributed by atoms with Crippen molar-refractivity contribution in [2.24, 2.45) is 11.8 Å². The molecule has 1 heterocycles. The molecule has 0 radical (unpaired) electrons. The van der Waals surface area contributed by atoms with Crippen molar-refractivity contribution in [1.29, 1.82) is 0 Å². The molecule has 1 N–H and O–H groups in total. The smallest absolute Gasteiger partial charge is 0.308 e. The first-order valence-electron chi connectivity index (χ1n) is 5.73. The van der Waals surface area contributed by atoms with Crippen LogP contribution in [0.3, 0.4) is 0 Å². The zero-order chi connectivity index (χ0) is 9.80. The fourth-order valence-electron chi connectivity index (χ4n) is 1.93. The van der Waals surface area contributed by atoms with Crippen LogP contribution in [0, 0.1) is 11.8 Å². The molecule has 1 aliphatic heterocycles. The minimum atomic E-state index is 0.0359. The molecule has 0 spiro atoms. The minimum Gasteiger partial charge on any atom is -0.465 e. The molecule has 1 saturated heterocycles. The summed E-state index contributed by atoms with van der Waals surface area (Å²) in [7, 11) is 0. The normalized spacial score (nSPS) is 27.3. The van der Waals surface area contributed by atoms with Crippen molar-refractivity contribution in [3.8, 4) is 0 Å². The summed E-state index contributed by atoms with van der Waals surface area (Å²) in [6.07, 6.45) is 5.67. The fraction of sp³-hybridized carbons (Fsp3) is 0.909. The highest BCUT2D eigenvalue weighted by Crippen LogP contribution is 2.30. The highest BCUT2D eigenvalue weighted by Gasteiger charge is 2.31. The summed E-state index contributed by atoms with van der Waals surface area (Å²) in [5, 5.41) is 3.37. The zero-order valence-corrected chi connectivity index (χ0v) is 8.63. The Morgan fingerprint density at radius 3 is 2.86 bits per heavy atom. The van der Waals surface area contributed by atoms with E-state index in [0.717, 1.165) is 38.3 Å². The van der Waals surface area contributed by atoms with E-state index in [9.17, 15) is 4.79 Å². The average Bonchev–Trinajstić information content (AvgIpc) is 3.02. The summed E-state index contributed by atoms with van der Waals surface area (Å²) in [6, 6.07) is 0. The quantitative estimate of drug-likeness (QED) is 0.691. The molecule has 0 aromatic rings. The van der Waals surface area contributed by atoms with Crippen LogP contribution in [-0.4, -0.2) is 25.7 Å². The Morgan fingerprint density at radius 2 is 2.21 bits per heavy atom. The van der Waals surface area contributed by atoms with Crippen LogP contribution in [0.15, 0.2) is 0 Å². The van der Waals surface area contributed by atoms with E-state index in [1.165, 1.54) is 12.8 Å². The molecule has 1 aliphatic carbocycles. The van der Waals surface area contributed by atoms with Gasteiger partial charge in [-0.3, -0.25) is 4.79 Å². The largest absolute Gasteiger partial charge is 0.465 e. The van der Waals surface area contributed by atoms with Gasteiger partial charge < -0.3 is 10.1 Å². The molecule has 0 unspecified atom stereocenters. The summed E-state index contributed by atoms with van der Waals surface area (Å²) in [5.74, 6) is 1.00. The third-order valence-electron chi connectivity index (χ3n) is 3.08. The van der Waals surface area contributed by atoms with Gasteiger partial charge in [-0.1, -0.05) is 0 Å². The Labute approximate surface area is 85.2 Å². The minimum absolute atomic E-state index is 0.0359. The highest BCUT2D eigenvalue weighted by atomic mass is 16.5. The maximum Gasteiger partial charge on any atom is 0.308 e. The Kier molecular flexibility index (Phi) is 3.40. The number of hydrogen-bond donors (Lipinski definition) is 1. The Morgan fingerprint density at radius 1 is 1.36 bits per heavy atom. The standard InChI is InChI=1S/C11H19NO2/c13-11(10-3-4-10)14-7-5-9-2-1-6-12-8-9/h9-10,12H,1-8H2/t9-/m0/s1. The van der Waals surface area contributed by atoms with E-state index in [-0.39, 0.29) is 11.9 Å².